The van der Waals surface area contributed by atoms with E-state index in [1.54, 1.807) is 24.0 Å². The third-order valence-corrected chi connectivity index (χ3v) is 5.11. The molecular formula is C27H29ClFNO3. The molecule has 0 radical (unpaired) electrons. The van der Waals surface area contributed by atoms with Gasteiger partial charge in [0.1, 0.15) is 18.2 Å². The number of anilines is 1. The molecule has 0 N–H and O–H groups in total. The Hall–Kier alpha value is -3.18. The summed E-state index contributed by atoms with van der Waals surface area (Å²) in [7, 11) is 0. The zero-order chi connectivity index (χ0) is 24.2. The minimum atomic E-state index is -0.307. The summed E-state index contributed by atoms with van der Waals surface area (Å²) in [4.78, 5) is 23.3. The predicted molar refractivity (Wildman–Crippen MR) is 131 cm³/mol. The zero-order valence-corrected chi connectivity index (χ0v) is 19.9. The molecule has 33 heavy (non-hydrogen) atoms. The first-order valence-electron chi connectivity index (χ1n) is 11.0. The monoisotopic (exact) mass is 469 g/mol. The standard InChI is InChI=1S/C22H18FNO2.C3H5ClO.C2H6/c23-18-8-10-19(11-9-18)24-21(14-22(24)25)17-6-12-20(13-7-17)26-15-16-4-2-1-3-5-16;1-2-3(4)5;1-2/h1-13,21H,14-15H2;2H2,1H3;1-2H3. The van der Waals surface area contributed by atoms with Crippen LogP contribution in [0, 0.1) is 5.82 Å². The molecule has 1 fully saturated rings. The first-order chi connectivity index (χ1) is 16.0. The Morgan fingerprint density at radius 2 is 1.58 bits per heavy atom. The predicted octanol–water partition coefficient (Wildman–Crippen LogP) is 7.07. The number of β-lactam (4-membered cyclic amide) rings is 1. The molecule has 1 atom stereocenters. The molecule has 1 aliphatic heterocycles. The van der Waals surface area contributed by atoms with E-state index in [0.29, 0.717) is 19.4 Å². The van der Waals surface area contributed by atoms with E-state index >= 15 is 0 Å². The molecule has 1 saturated heterocycles. The molecule has 1 heterocycles. The topological polar surface area (TPSA) is 46.6 Å². The van der Waals surface area contributed by atoms with Crippen molar-refractivity contribution in [3.63, 3.8) is 0 Å². The quantitative estimate of drug-likeness (QED) is 0.286. The molecule has 3 aromatic rings. The summed E-state index contributed by atoms with van der Waals surface area (Å²) in [6.45, 7) is 6.24. The lowest BCUT2D eigenvalue weighted by Gasteiger charge is -2.40. The fourth-order valence-corrected chi connectivity index (χ4v) is 3.14. The van der Waals surface area contributed by atoms with Crippen LogP contribution in [0.3, 0.4) is 0 Å². The fraction of sp³-hybridized carbons (Fsp3) is 0.259. The van der Waals surface area contributed by atoms with Gasteiger partial charge in [-0.25, -0.2) is 4.39 Å². The summed E-state index contributed by atoms with van der Waals surface area (Å²) in [6, 6.07) is 23.8. The van der Waals surface area contributed by atoms with E-state index in [1.807, 2.05) is 68.4 Å². The van der Waals surface area contributed by atoms with Crippen molar-refractivity contribution in [2.75, 3.05) is 4.90 Å². The molecule has 174 valence electrons. The number of halogens is 2. The summed E-state index contributed by atoms with van der Waals surface area (Å²) in [5.74, 6) is 0.529. The first-order valence-corrected chi connectivity index (χ1v) is 11.4. The highest BCUT2D eigenvalue weighted by Gasteiger charge is 2.38. The minimum Gasteiger partial charge on any atom is -0.489 e. The van der Waals surface area contributed by atoms with Crippen LogP contribution >= 0.6 is 11.6 Å². The summed E-state index contributed by atoms with van der Waals surface area (Å²) in [5.41, 5.74) is 2.88. The Morgan fingerprint density at radius 1 is 1.00 bits per heavy atom. The van der Waals surface area contributed by atoms with Crippen molar-refractivity contribution in [1.29, 1.82) is 0 Å². The van der Waals surface area contributed by atoms with Crippen molar-refractivity contribution in [3.8, 4) is 5.75 Å². The van der Waals surface area contributed by atoms with Crippen LogP contribution < -0.4 is 9.64 Å². The van der Waals surface area contributed by atoms with Crippen molar-refractivity contribution >= 4 is 28.4 Å². The number of ether oxygens (including phenoxy) is 1. The number of hydrogen-bond donors (Lipinski definition) is 0. The van der Waals surface area contributed by atoms with Crippen LogP contribution in [0.15, 0.2) is 78.9 Å². The molecule has 3 aromatic carbocycles. The van der Waals surface area contributed by atoms with Gasteiger partial charge in [-0.15, -0.1) is 0 Å². The lowest BCUT2D eigenvalue weighted by molar-refractivity contribution is -0.124. The van der Waals surface area contributed by atoms with Crippen molar-refractivity contribution < 1.29 is 18.7 Å². The van der Waals surface area contributed by atoms with Gasteiger partial charge in [-0.3, -0.25) is 9.59 Å². The molecule has 1 aliphatic rings. The summed E-state index contributed by atoms with van der Waals surface area (Å²) >= 11 is 4.82. The van der Waals surface area contributed by atoms with E-state index in [9.17, 15) is 14.0 Å². The van der Waals surface area contributed by atoms with Crippen LogP contribution in [0.2, 0.25) is 0 Å². The lowest BCUT2D eigenvalue weighted by Crippen LogP contribution is -2.46. The van der Waals surface area contributed by atoms with Crippen LogP contribution in [-0.4, -0.2) is 11.1 Å². The largest absolute Gasteiger partial charge is 0.489 e. The normalized spacial score (nSPS) is 14.2. The highest BCUT2D eigenvalue weighted by molar-refractivity contribution is 6.63. The number of carbonyl (C=O) groups excluding carboxylic acids is 2. The van der Waals surface area contributed by atoms with E-state index in [0.717, 1.165) is 22.6 Å². The maximum atomic E-state index is 13.1. The van der Waals surface area contributed by atoms with Crippen LogP contribution in [0.4, 0.5) is 10.1 Å². The van der Waals surface area contributed by atoms with Gasteiger partial charge >= 0.3 is 0 Å². The van der Waals surface area contributed by atoms with Crippen molar-refractivity contribution in [2.45, 2.75) is 46.3 Å². The molecule has 0 bridgehead atoms. The van der Waals surface area contributed by atoms with Gasteiger partial charge in [-0.2, -0.15) is 0 Å². The van der Waals surface area contributed by atoms with E-state index < -0.39 is 0 Å². The summed E-state index contributed by atoms with van der Waals surface area (Å²) in [5, 5.41) is -0.273. The smallest absolute Gasteiger partial charge is 0.230 e. The highest BCUT2D eigenvalue weighted by atomic mass is 35.5. The molecule has 0 saturated carbocycles. The van der Waals surface area contributed by atoms with Gasteiger partial charge in [0.25, 0.3) is 0 Å². The van der Waals surface area contributed by atoms with E-state index in [1.165, 1.54) is 12.1 Å². The number of nitrogens with zero attached hydrogens (tertiary/aromatic N) is 1. The Morgan fingerprint density at radius 3 is 2.09 bits per heavy atom. The lowest BCUT2D eigenvalue weighted by atomic mass is 9.93. The summed E-state index contributed by atoms with van der Waals surface area (Å²) < 4.78 is 18.9. The number of amides is 1. The zero-order valence-electron chi connectivity index (χ0n) is 19.1. The number of rotatable bonds is 6. The highest BCUT2D eigenvalue weighted by Crippen LogP contribution is 2.39. The maximum absolute atomic E-state index is 13.1. The SMILES string of the molecule is CC.CCC(=O)Cl.O=C1CC(c2ccc(OCc3ccccc3)cc2)N1c1ccc(F)cc1. The maximum Gasteiger partial charge on any atom is 0.230 e. The van der Waals surface area contributed by atoms with Gasteiger partial charge in [0, 0.05) is 12.1 Å². The van der Waals surface area contributed by atoms with Gasteiger partial charge < -0.3 is 9.64 Å². The van der Waals surface area contributed by atoms with Crippen LogP contribution in [0.25, 0.3) is 0 Å². The molecule has 4 nitrogen and oxygen atoms in total. The fourth-order valence-electron chi connectivity index (χ4n) is 3.14. The molecule has 1 unspecified atom stereocenters. The van der Waals surface area contributed by atoms with Gasteiger partial charge in [0.15, 0.2) is 0 Å². The van der Waals surface area contributed by atoms with Crippen molar-refractivity contribution in [3.05, 3.63) is 95.8 Å². The van der Waals surface area contributed by atoms with E-state index in [-0.39, 0.29) is 23.0 Å². The van der Waals surface area contributed by atoms with E-state index in [4.69, 9.17) is 16.3 Å². The molecule has 4 rings (SSSR count). The molecule has 0 spiro atoms. The minimum absolute atomic E-state index is 0.0175. The van der Waals surface area contributed by atoms with Gasteiger partial charge in [0.05, 0.1) is 12.5 Å². The summed E-state index contributed by atoms with van der Waals surface area (Å²) in [6.07, 6.45) is 0.892. The average molecular weight is 470 g/mol. The average Bonchev–Trinajstić information content (AvgIpc) is 2.85. The van der Waals surface area contributed by atoms with Crippen LogP contribution in [0.5, 0.6) is 5.75 Å². The van der Waals surface area contributed by atoms with Crippen LogP contribution in [-0.2, 0) is 16.2 Å². The third kappa shape index (κ3) is 7.72. The second-order valence-corrected chi connectivity index (χ2v) is 7.43. The third-order valence-electron chi connectivity index (χ3n) is 4.84. The molecule has 1 amide bonds. The molecule has 0 aliphatic carbocycles. The van der Waals surface area contributed by atoms with Gasteiger partial charge in [-0.05, 0) is 59.1 Å². The second kappa shape index (κ2) is 13.4. The first kappa shape index (κ1) is 26.1. The number of benzene rings is 3. The molecule has 6 heteroatoms. The van der Waals surface area contributed by atoms with Crippen molar-refractivity contribution in [2.24, 2.45) is 0 Å². The second-order valence-electron chi connectivity index (χ2n) is 7.01. The number of hydrogen-bond acceptors (Lipinski definition) is 3. The van der Waals surface area contributed by atoms with Crippen LogP contribution in [0.1, 0.15) is 50.8 Å². The van der Waals surface area contributed by atoms with Gasteiger partial charge in [0.2, 0.25) is 11.1 Å². The molecule has 0 aromatic heterocycles. The van der Waals surface area contributed by atoms with Gasteiger partial charge in [-0.1, -0.05) is 63.2 Å². The van der Waals surface area contributed by atoms with E-state index in [2.05, 4.69) is 0 Å². The Balaban J connectivity index is 0.000000489. The Bertz CT molecular complexity index is 1010. The molecular weight excluding hydrogens is 441 g/mol. The Kier molecular flexibility index (Phi) is 10.6. The number of carbonyl (C=O) groups is 2. The Labute approximate surface area is 200 Å². The van der Waals surface area contributed by atoms with Crippen molar-refractivity contribution in [1.82, 2.24) is 0 Å².